The van der Waals surface area contributed by atoms with Gasteiger partial charge in [0.05, 0.1) is 27.0 Å². The van der Waals surface area contributed by atoms with Crippen LogP contribution in [0.5, 0.6) is 17.2 Å². The molecule has 0 spiro atoms. The van der Waals surface area contributed by atoms with Gasteiger partial charge < -0.3 is 19.5 Å². The third-order valence-corrected chi connectivity index (χ3v) is 4.92. The van der Waals surface area contributed by atoms with Crippen LogP contribution >= 0.6 is 0 Å². The molecule has 4 rings (SSSR count). The number of methoxy groups -OCH3 is 3. The highest BCUT2D eigenvalue weighted by molar-refractivity contribution is 5.94. The summed E-state index contributed by atoms with van der Waals surface area (Å²) in [5, 5.41) is 2.96. The number of para-hydroxylation sites is 1. The number of carbonyl (C=O) groups excluding carboxylic acids is 1. The molecule has 144 valence electrons. The molecule has 2 aromatic carbocycles. The average Bonchev–Trinajstić information content (AvgIpc) is 3.16. The number of amides is 1. The number of fused-ring (bicyclic) bond motifs is 1. The van der Waals surface area contributed by atoms with Crippen LogP contribution in [0.25, 0.3) is 5.69 Å². The highest BCUT2D eigenvalue weighted by atomic mass is 16.5. The van der Waals surface area contributed by atoms with Crippen molar-refractivity contribution in [3.63, 3.8) is 0 Å². The first-order valence-electron chi connectivity index (χ1n) is 8.88. The molecule has 1 amide bonds. The Hall–Kier alpha value is -3.48. The van der Waals surface area contributed by atoms with Crippen LogP contribution in [0.2, 0.25) is 0 Å². The van der Waals surface area contributed by atoms with Crippen molar-refractivity contribution in [2.24, 2.45) is 0 Å². The van der Waals surface area contributed by atoms with E-state index in [1.165, 1.54) is 0 Å². The molecule has 28 heavy (non-hydrogen) atoms. The summed E-state index contributed by atoms with van der Waals surface area (Å²) >= 11 is 0. The Bertz CT molecular complexity index is 1010. The van der Waals surface area contributed by atoms with Crippen molar-refractivity contribution in [3.8, 4) is 22.9 Å². The topological polar surface area (TPSA) is 74.6 Å². The van der Waals surface area contributed by atoms with E-state index in [-0.39, 0.29) is 18.2 Å². The van der Waals surface area contributed by atoms with Gasteiger partial charge in [0.1, 0.15) is 17.9 Å². The summed E-state index contributed by atoms with van der Waals surface area (Å²) in [4.78, 5) is 17.1. The Balaban J connectivity index is 1.86. The number of imidazole rings is 1. The predicted octanol–water partition coefficient (Wildman–Crippen LogP) is 3.37. The average molecular weight is 379 g/mol. The standard InChI is InChI=1S/C21H21N3O4/c1-26-16-11-18(28-3)17(27-2)9-14(16)15-10-19(25)23-21-20(15)22-12-24(21)13-7-5-4-6-8-13/h4-9,11-12,15H,10H2,1-3H3,(H,23,25)/t15-/m0/s1. The fourth-order valence-corrected chi connectivity index (χ4v) is 3.57. The first kappa shape index (κ1) is 17.9. The number of aromatic nitrogens is 2. The molecule has 7 nitrogen and oxygen atoms in total. The molecule has 3 aromatic rings. The monoisotopic (exact) mass is 379 g/mol. The maximum atomic E-state index is 12.5. The van der Waals surface area contributed by atoms with Crippen molar-refractivity contribution in [2.75, 3.05) is 26.6 Å². The van der Waals surface area contributed by atoms with Gasteiger partial charge in [0, 0.05) is 29.7 Å². The summed E-state index contributed by atoms with van der Waals surface area (Å²) in [5.74, 6) is 2.10. The van der Waals surface area contributed by atoms with Gasteiger partial charge in [-0.3, -0.25) is 9.36 Å². The maximum Gasteiger partial charge on any atom is 0.226 e. The largest absolute Gasteiger partial charge is 0.496 e. The number of benzene rings is 2. The molecule has 0 saturated carbocycles. The Morgan fingerprint density at radius 3 is 2.36 bits per heavy atom. The minimum atomic E-state index is -0.261. The predicted molar refractivity (Wildman–Crippen MR) is 105 cm³/mol. The van der Waals surface area contributed by atoms with E-state index in [0.717, 1.165) is 16.9 Å². The summed E-state index contributed by atoms with van der Waals surface area (Å²) in [6.07, 6.45) is 2.00. The van der Waals surface area contributed by atoms with Gasteiger partial charge >= 0.3 is 0 Å². The number of hydrogen-bond donors (Lipinski definition) is 1. The van der Waals surface area contributed by atoms with Gasteiger partial charge in [-0.25, -0.2) is 4.98 Å². The molecule has 1 atom stereocenters. The van der Waals surface area contributed by atoms with Gasteiger partial charge in [-0.15, -0.1) is 0 Å². The normalized spacial score (nSPS) is 15.5. The first-order chi connectivity index (χ1) is 13.7. The number of anilines is 1. The van der Waals surface area contributed by atoms with E-state index in [4.69, 9.17) is 14.2 Å². The zero-order valence-electron chi connectivity index (χ0n) is 15.9. The lowest BCUT2D eigenvalue weighted by atomic mass is 9.88. The minimum absolute atomic E-state index is 0.0768. The van der Waals surface area contributed by atoms with E-state index in [9.17, 15) is 4.79 Å². The van der Waals surface area contributed by atoms with E-state index < -0.39 is 0 Å². The van der Waals surface area contributed by atoms with Crippen molar-refractivity contribution >= 4 is 11.7 Å². The SMILES string of the molecule is COc1cc(OC)c([C@@H]2CC(=O)Nc3c2ncn3-c2ccccc2)cc1OC. The summed E-state index contributed by atoms with van der Waals surface area (Å²) in [6.45, 7) is 0. The number of ether oxygens (including phenoxy) is 3. The van der Waals surface area contributed by atoms with Gasteiger partial charge in [0.15, 0.2) is 11.5 Å². The van der Waals surface area contributed by atoms with E-state index in [2.05, 4.69) is 10.3 Å². The van der Waals surface area contributed by atoms with Crippen LogP contribution in [-0.4, -0.2) is 36.8 Å². The van der Waals surface area contributed by atoms with Crippen molar-refractivity contribution in [1.29, 1.82) is 0 Å². The zero-order valence-corrected chi connectivity index (χ0v) is 15.9. The van der Waals surface area contributed by atoms with Gasteiger partial charge in [0.2, 0.25) is 5.91 Å². The number of rotatable bonds is 5. The molecular formula is C21H21N3O4. The Morgan fingerprint density at radius 1 is 1.00 bits per heavy atom. The highest BCUT2D eigenvalue weighted by Gasteiger charge is 2.33. The van der Waals surface area contributed by atoms with Gasteiger partial charge in [-0.1, -0.05) is 18.2 Å². The second-order valence-corrected chi connectivity index (χ2v) is 6.44. The minimum Gasteiger partial charge on any atom is -0.496 e. The molecule has 0 unspecified atom stereocenters. The molecule has 2 heterocycles. The summed E-state index contributed by atoms with van der Waals surface area (Å²) in [6, 6.07) is 13.4. The van der Waals surface area contributed by atoms with Gasteiger partial charge in [-0.2, -0.15) is 0 Å². The molecule has 1 N–H and O–H groups in total. The van der Waals surface area contributed by atoms with Crippen LogP contribution in [0.1, 0.15) is 23.6 Å². The molecule has 0 saturated heterocycles. The number of nitrogens with one attached hydrogen (secondary N) is 1. The molecule has 0 radical (unpaired) electrons. The van der Waals surface area contributed by atoms with Crippen molar-refractivity contribution in [1.82, 2.24) is 9.55 Å². The lowest BCUT2D eigenvalue weighted by Crippen LogP contribution is -2.25. The van der Waals surface area contributed by atoms with Crippen molar-refractivity contribution < 1.29 is 19.0 Å². The van der Waals surface area contributed by atoms with Gasteiger partial charge in [0.25, 0.3) is 0 Å². The molecule has 7 heteroatoms. The summed E-state index contributed by atoms with van der Waals surface area (Å²) in [7, 11) is 4.75. The van der Waals surface area contributed by atoms with Gasteiger partial charge in [-0.05, 0) is 18.2 Å². The third kappa shape index (κ3) is 2.94. The number of hydrogen-bond acceptors (Lipinski definition) is 5. The number of carbonyl (C=O) groups is 1. The second-order valence-electron chi connectivity index (χ2n) is 6.44. The van der Waals surface area contributed by atoms with Crippen LogP contribution in [0.15, 0.2) is 48.8 Å². The second kappa shape index (κ2) is 7.26. The quantitative estimate of drug-likeness (QED) is 0.736. The number of nitrogens with zero attached hydrogens (tertiary/aromatic N) is 2. The molecule has 0 fully saturated rings. The summed E-state index contributed by atoms with van der Waals surface area (Å²) in [5.41, 5.74) is 2.54. The van der Waals surface area contributed by atoms with E-state index >= 15 is 0 Å². The fourth-order valence-electron chi connectivity index (χ4n) is 3.57. The lowest BCUT2D eigenvalue weighted by molar-refractivity contribution is -0.116. The molecule has 0 bridgehead atoms. The van der Waals surface area contributed by atoms with E-state index in [0.29, 0.717) is 23.1 Å². The molecule has 1 aromatic heterocycles. The maximum absolute atomic E-state index is 12.5. The molecular weight excluding hydrogens is 358 g/mol. The smallest absolute Gasteiger partial charge is 0.226 e. The molecule has 1 aliphatic heterocycles. The van der Waals surface area contributed by atoms with Crippen molar-refractivity contribution in [3.05, 3.63) is 60.0 Å². The lowest BCUT2D eigenvalue weighted by Gasteiger charge is -2.25. The van der Waals surface area contributed by atoms with E-state index in [1.807, 2.05) is 41.0 Å². The Labute approximate surface area is 162 Å². The molecule has 1 aliphatic rings. The summed E-state index contributed by atoms with van der Waals surface area (Å²) < 4.78 is 18.3. The van der Waals surface area contributed by atoms with Crippen LogP contribution < -0.4 is 19.5 Å². The van der Waals surface area contributed by atoms with Crippen LogP contribution in [-0.2, 0) is 4.79 Å². The Kier molecular flexibility index (Phi) is 4.65. The Morgan fingerprint density at radius 2 is 1.68 bits per heavy atom. The highest BCUT2D eigenvalue weighted by Crippen LogP contribution is 2.44. The fraction of sp³-hybridized carbons (Fsp3) is 0.238. The first-order valence-corrected chi connectivity index (χ1v) is 8.88. The van der Waals surface area contributed by atoms with Crippen LogP contribution in [0.3, 0.4) is 0 Å². The van der Waals surface area contributed by atoms with Crippen LogP contribution in [0, 0.1) is 0 Å². The van der Waals surface area contributed by atoms with E-state index in [1.54, 1.807) is 33.7 Å². The van der Waals surface area contributed by atoms with Crippen LogP contribution in [0.4, 0.5) is 5.82 Å². The van der Waals surface area contributed by atoms with Crippen molar-refractivity contribution in [2.45, 2.75) is 12.3 Å². The zero-order chi connectivity index (χ0) is 19.7. The molecule has 0 aliphatic carbocycles. The third-order valence-electron chi connectivity index (χ3n) is 4.92.